The van der Waals surface area contributed by atoms with E-state index in [1.54, 1.807) is 6.07 Å². The number of nitrogens with zero attached hydrogens (tertiary/aromatic N) is 1. The van der Waals surface area contributed by atoms with Crippen LogP contribution in [0.4, 0.5) is 11.4 Å². The summed E-state index contributed by atoms with van der Waals surface area (Å²) in [6.45, 7) is 4.03. The van der Waals surface area contributed by atoms with Gasteiger partial charge < -0.3 is 5.32 Å². The van der Waals surface area contributed by atoms with Crippen molar-refractivity contribution in [3.05, 3.63) is 79.3 Å². The van der Waals surface area contributed by atoms with Crippen molar-refractivity contribution in [3.8, 4) is 0 Å². The van der Waals surface area contributed by atoms with Crippen molar-refractivity contribution in [2.75, 3.05) is 5.32 Å². The zero-order valence-electron chi connectivity index (χ0n) is 14.1. The quantitative estimate of drug-likeness (QED) is 0.395. The zero-order valence-corrected chi connectivity index (χ0v) is 15.7. The van der Waals surface area contributed by atoms with Crippen molar-refractivity contribution in [2.24, 2.45) is 5.92 Å². The second-order valence-corrected chi connectivity index (χ2v) is 7.73. The Hall–Kier alpha value is -2.14. The Morgan fingerprint density at radius 3 is 2.76 bits per heavy atom. The van der Waals surface area contributed by atoms with Crippen LogP contribution in [-0.4, -0.2) is 4.92 Å². The van der Waals surface area contributed by atoms with Gasteiger partial charge in [-0.1, -0.05) is 46.3 Å². The van der Waals surface area contributed by atoms with Crippen LogP contribution in [0.1, 0.15) is 40.6 Å². The zero-order chi connectivity index (χ0) is 17.7. The first-order chi connectivity index (χ1) is 12.0. The second-order valence-electron chi connectivity index (χ2n) is 6.88. The molecular weight excluding hydrogens is 380 g/mol. The molecule has 1 aliphatic heterocycles. The molecule has 2 aliphatic rings. The maximum atomic E-state index is 11.7. The van der Waals surface area contributed by atoms with Crippen LogP contribution in [-0.2, 0) is 0 Å². The standard InChI is InChI=1S/C20H19BrN2O2/c1-11-10-17(23(24)25)20-18(12(11)2)13-7-5-8-14(13)19(22-20)15-6-3-4-9-16(15)21/h3-7,9-10,13-14,19,22H,8H2,1-2H3/t13-,14+,19+/m0/s1. The average molecular weight is 399 g/mol. The van der Waals surface area contributed by atoms with Crippen molar-refractivity contribution >= 4 is 27.3 Å². The van der Waals surface area contributed by atoms with Crippen LogP contribution in [0.15, 0.2) is 47.0 Å². The third kappa shape index (κ3) is 2.49. The molecule has 0 amide bonds. The highest BCUT2D eigenvalue weighted by Gasteiger charge is 2.42. The van der Waals surface area contributed by atoms with Gasteiger partial charge in [-0.15, -0.1) is 0 Å². The van der Waals surface area contributed by atoms with E-state index in [-0.39, 0.29) is 22.6 Å². The molecule has 0 spiro atoms. The van der Waals surface area contributed by atoms with Gasteiger partial charge in [0, 0.05) is 16.5 Å². The molecule has 5 heteroatoms. The van der Waals surface area contributed by atoms with E-state index in [1.165, 1.54) is 0 Å². The van der Waals surface area contributed by atoms with Crippen LogP contribution in [0.25, 0.3) is 0 Å². The molecular formula is C20H19BrN2O2. The molecule has 0 radical (unpaired) electrons. The third-order valence-corrected chi connectivity index (χ3v) is 6.31. The van der Waals surface area contributed by atoms with E-state index in [0.717, 1.165) is 33.1 Å². The van der Waals surface area contributed by atoms with Crippen LogP contribution in [0.3, 0.4) is 0 Å². The lowest BCUT2D eigenvalue weighted by molar-refractivity contribution is -0.384. The molecule has 1 N–H and O–H groups in total. The summed E-state index contributed by atoms with van der Waals surface area (Å²) >= 11 is 3.65. The minimum Gasteiger partial charge on any atom is -0.372 e. The molecule has 0 aromatic heterocycles. The van der Waals surface area contributed by atoms with Crippen molar-refractivity contribution in [1.82, 2.24) is 0 Å². The van der Waals surface area contributed by atoms with Crippen LogP contribution < -0.4 is 5.32 Å². The monoisotopic (exact) mass is 398 g/mol. The van der Waals surface area contributed by atoms with Gasteiger partial charge in [0.25, 0.3) is 5.69 Å². The molecule has 1 aliphatic carbocycles. The lowest BCUT2D eigenvalue weighted by Crippen LogP contribution is -2.30. The maximum Gasteiger partial charge on any atom is 0.292 e. The number of nitro groups is 1. The van der Waals surface area contributed by atoms with Crippen LogP contribution in [0.5, 0.6) is 0 Å². The van der Waals surface area contributed by atoms with Crippen molar-refractivity contribution < 1.29 is 4.92 Å². The predicted molar refractivity (Wildman–Crippen MR) is 103 cm³/mol. The minimum absolute atomic E-state index is 0.0453. The summed E-state index contributed by atoms with van der Waals surface area (Å²) in [5, 5.41) is 15.2. The van der Waals surface area contributed by atoms with Gasteiger partial charge in [-0.25, -0.2) is 0 Å². The molecule has 4 nitrogen and oxygen atoms in total. The highest BCUT2D eigenvalue weighted by molar-refractivity contribution is 9.10. The molecule has 0 bridgehead atoms. The van der Waals surface area contributed by atoms with Gasteiger partial charge in [-0.3, -0.25) is 10.1 Å². The summed E-state index contributed by atoms with van der Waals surface area (Å²) < 4.78 is 1.04. The number of fused-ring (bicyclic) bond motifs is 3. The van der Waals surface area contributed by atoms with Gasteiger partial charge >= 0.3 is 0 Å². The average Bonchev–Trinajstić information content (AvgIpc) is 3.07. The predicted octanol–water partition coefficient (Wildman–Crippen LogP) is 5.80. The Kier molecular flexibility index (Phi) is 3.91. The van der Waals surface area contributed by atoms with Crippen molar-refractivity contribution in [1.29, 1.82) is 0 Å². The van der Waals surface area contributed by atoms with E-state index in [9.17, 15) is 10.1 Å². The first-order valence-corrected chi connectivity index (χ1v) is 9.24. The van der Waals surface area contributed by atoms with Crippen LogP contribution in [0.2, 0.25) is 0 Å². The smallest absolute Gasteiger partial charge is 0.292 e. The maximum absolute atomic E-state index is 11.7. The largest absolute Gasteiger partial charge is 0.372 e. The van der Waals surface area contributed by atoms with E-state index in [4.69, 9.17) is 0 Å². The topological polar surface area (TPSA) is 55.2 Å². The van der Waals surface area contributed by atoms with E-state index in [0.29, 0.717) is 11.6 Å². The Labute approximate surface area is 155 Å². The molecule has 25 heavy (non-hydrogen) atoms. The fraction of sp³-hybridized carbons (Fsp3) is 0.300. The fourth-order valence-corrected chi connectivity index (χ4v) is 4.79. The Morgan fingerprint density at radius 2 is 2.04 bits per heavy atom. The Balaban J connectivity index is 1.94. The van der Waals surface area contributed by atoms with Crippen molar-refractivity contribution in [2.45, 2.75) is 32.2 Å². The number of nitrogens with one attached hydrogen (secondary N) is 1. The number of hydrogen-bond donors (Lipinski definition) is 1. The molecule has 2 aromatic rings. The molecule has 4 rings (SSSR count). The molecule has 0 fully saturated rings. The number of allylic oxidation sites excluding steroid dienone is 2. The van der Waals surface area contributed by atoms with E-state index < -0.39 is 0 Å². The number of halogens is 1. The number of hydrogen-bond acceptors (Lipinski definition) is 3. The fourth-order valence-electron chi connectivity index (χ4n) is 4.26. The molecule has 1 heterocycles. The molecule has 2 aromatic carbocycles. The van der Waals surface area contributed by atoms with Gasteiger partial charge in [0.05, 0.1) is 11.0 Å². The first kappa shape index (κ1) is 16.3. The molecule has 0 saturated heterocycles. The minimum atomic E-state index is -0.269. The van der Waals surface area contributed by atoms with Crippen LogP contribution in [0, 0.1) is 29.9 Å². The summed E-state index contributed by atoms with van der Waals surface area (Å²) in [6.07, 6.45) is 5.41. The molecule has 128 valence electrons. The summed E-state index contributed by atoms with van der Waals surface area (Å²) in [5.41, 5.74) is 5.23. The van der Waals surface area contributed by atoms with E-state index >= 15 is 0 Å². The van der Waals surface area contributed by atoms with Gasteiger partial charge in [0.15, 0.2) is 0 Å². The van der Waals surface area contributed by atoms with Gasteiger partial charge in [-0.2, -0.15) is 0 Å². The number of benzene rings is 2. The Morgan fingerprint density at radius 1 is 1.28 bits per heavy atom. The Bertz CT molecular complexity index is 907. The highest BCUT2D eigenvalue weighted by atomic mass is 79.9. The number of rotatable bonds is 2. The number of nitro benzene ring substituents is 1. The first-order valence-electron chi connectivity index (χ1n) is 8.45. The lowest BCUT2D eigenvalue weighted by Gasteiger charge is -2.38. The summed E-state index contributed by atoms with van der Waals surface area (Å²) in [5.74, 6) is 0.582. The summed E-state index contributed by atoms with van der Waals surface area (Å²) in [4.78, 5) is 11.4. The lowest BCUT2D eigenvalue weighted by atomic mass is 9.74. The van der Waals surface area contributed by atoms with Crippen molar-refractivity contribution in [3.63, 3.8) is 0 Å². The molecule has 0 unspecified atom stereocenters. The van der Waals surface area contributed by atoms with E-state index in [1.807, 2.05) is 25.1 Å². The summed E-state index contributed by atoms with van der Waals surface area (Å²) in [6, 6.07) is 9.86. The van der Waals surface area contributed by atoms with Gasteiger partial charge in [0.1, 0.15) is 5.69 Å². The normalized spacial score (nSPS) is 23.7. The molecule has 3 atom stereocenters. The van der Waals surface area contributed by atoms with E-state index in [2.05, 4.69) is 46.4 Å². The number of anilines is 1. The highest BCUT2D eigenvalue weighted by Crippen LogP contribution is 2.54. The number of aryl methyl sites for hydroxylation is 1. The third-order valence-electron chi connectivity index (χ3n) is 5.59. The second kappa shape index (κ2) is 5.99. The van der Waals surface area contributed by atoms with Crippen LogP contribution >= 0.6 is 15.9 Å². The SMILES string of the molecule is Cc1cc([N+](=O)[O-])c2c(c1C)[C@H]1C=CC[C@H]1[C@H](c1ccccc1Br)N2. The van der Waals surface area contributed by atoms with Gasteiger partial charge in [0.2, 0.25) is 0 Å². The molecule has 0 saturated carbocycles. The van der Waals surface area contributed by atoms with Gasteiger partial charge in [-0.05, 0) is 54.5 Å². The summed E-state index contributed by atoms with van der Waals surface area (Å²) in [7, 11) is 0.